The van der Waals surface area contributed by atoms with Crippen LogP contribution in [0.3, 0.4) is 0 Å². The fraction of sp³-hybridized carbons (Fsp3) is 0.0526. The van der Waals surface area contributed by atoms with Gasteiger partial charge in [-0.1, -0.05) is 18.2 Å². The topological polar surface area (TPSA) is 44.1 Å². The van der Waals surface area contributed by atoms with Crippen LogP contribution in [-0.2, 0) is 0 Å². The standard InChI is InChI=1S/C19H11F3N2O2/c20-19(21,22)26-15-5-3-14(4-6-15)24-18-8-2-13-9-12(11-25)1-7-16(13)17(18)10-23-24/h1-11H. The highest BCUT2D eigenvalue weighted by Crippen LogP contribution is 2.29. The number of halogens is 3. The SMILES string of the molecule is O=Cc1ccc2c(ccc3c2cnn3-c2ccc(OC(F)(F)F)cc2)c1. The maximum Gasteiger partial charge on any atom is 0.573 e. The van der Waals surface area contributed by atoms with E-state index in [1.165, 1.54) is 24.3 Å². The molecule has 0 saturated heterocycles. The summed E-state index contributed by atoms with van der Waals surface area (Å²) >= 11 is 0. The normalized spacial score (nSPS) is 11.8. The Morgan fingerprint density at radius 1 is 0.962 bits per heavy atom. The molecule has 26 heavy (non-hydrogen) atoms. The van der Waals surface area contributed by atoms with Gasteiger partial charge in [-0.2, -0.15) is 5.10 Å². The minimum Gasteiger partial charge on any atom is -0.406 e. The Morgan fingerprint density at radius 2 is 1.73 bits per heavy atom. The fourth-order valence-corrected chi connectivity index (χ4v) is 2.93. The molecule has 0 N–H and O–H groups in total. The molecule has 130 valence electrons. The van der Waals surface area contributed by atoms with E-state index in [-0.39, 0.29) is 5.75 Å². The summed E-state index contributed by atoms with van der Waals surface area (Å²) in [6.07, 6.45) is -2.24. The maximum absolute atomic E-state index is 12.3. The van der Waals surface area contributed by atoms with Crippen molar-refractivity contribution in [3.63, 3.8) is 0 Å². The second kappa shape index (κ2) is 5.87. The van der Waals surface area contributed by atoms with Gasteiger partial charge in [0, 0.05) is 10.9 Å². The van der Waals surface area contributed by atoms with E-state index in [1.807, 2.05) is 18.2 Å². The molecule has 0 saturated carbocycles. The summed E-state index contributed by atoms with van der Waals surface area (Å²) < 4.78 is 42.3. The highest BCUT2D eigenvalue weighted by Gasteiger charge is 2.31. The molecule has 1 aromatic heterocycles. The number of fused-ring (bicyclic) bond motifs is 3. The zero-order chi connectivity index (χ0) is 18.3. The molecule has 0 aliphatic heterocycles. The van der Waals surface area contributed by atoms with Gasteiger partial charge in [0.1, 0.15) is 12.0 Å². The molecule has 0 radical (unpaired) electrons. The van der Waals surface area contributed by atoms with Gasteiger partial charge in [-0.3, -0.25) is 4.79 Å². The van der Waals surface area contributed by atoms with Crippen LogP contribution in [0.15, 0.2) is 60.8 Å². The number of hydrogen-bond acceptors (Lipinski definition) is 3. The van der Waals surface area contributed by atoms with Gasteiger partial charge in [-0.05, 0) is 47.2 Å². The molecule has 3 aromatic carbocycles. The summed E-state index contributed by atoms with van der Waals surface area (Å²) in [5.74, 6) is -0.287. The molecule has 7 heteroatoms. The van der Waals surface area contributed by atoms with E-state index >= 15 is 0 Å². The molecule has 0 bridgehead atoms. The molecule has 0 atom stereocenters. The molecule has 4 aromatic rings. The predicted octanol–water partition coefficient (Wildman–Crippen LogP) is 4.89. The van der Waals surface area contributed by atoms with E-state index in [2.05, 4.69) is 9.84 Å². The first-order valence-corrected chi connectivity index (χ1v) is 7.66. The van der Waals surface area contributed by atoms with Gasteiger partial charge >= 0.3 is 6.36 Å². The lowest BCUT2D eigenvalue weighted by Gasteiger charge is -2.10. The minimum absolute atomic E-state index is 0.287. The molecule has 0 aliphatic carbocycles. The smallest absolute Gasteiger partial charge is 0.406 e. The number of hydrogen-bond donors (Lipinski definition) is 0. The van der Waals surface area contributed by atoms with Crippen LogP contribution in [0.2, 0.25) is 0 Å². The zero-order valence-corrected chi connectivity index (χ0v) is 13.2. The molecule has 4 nitrogen and oxygen atoms in total. The number of carbonyl (C=O) groups excluding carboxylic acids is 1. The van der Waals surface area contributed by atoms with E-state index in [0.717, 1.165) is 28.0 Å². The monoisotopic (exact) mass is 356 g/mol. The van der Waals surface area contributed by atoms with Crippen molar-refractivity contribution in [2.75, 3.05) is 0 Å². The van der Waals surface area contributed by atoms with Gasteiger partial charge < -0.3 is 4.74 Å². The third kappa shape index (κ3) is 2.88. The molecule has 0 fully saturated rings. The Balaban J connectivity index is 1.77. The van der Waals surface area contributed by atoms with Crippen LogP contribution in [0.1, 0.15) is 10.4 Å². The van der Waals surface area contributed by atoms with Crippen molar-refractivity contribution in [3.05, 3.63) is 66.4 Å². The van der Waals surface area contributed by atoms with E-state index in [4.69, 9.17) is 0 Å². The largest absolute Gasteiger partial charge is 0.573 e. The summed E-state index contributed by atoms with van der Waals surface area (Å²) in [5.41, 5.74) is 2.00. The van der Waals surface area contributed by atoms with Crippen LogP contribution in [0.4, 0.5) is 13.2 Å². The van der Waals surface area contributed by atoms with Crippen molar-refractivity contribution in [2.45, 2.75) is 6.36 Å². The first-order chi connectivity index (χ1) is 12.4. The predicted molar refractivity (Wildman–Crippen MR) is 90.6 cm³/mol. The lowest BCUT2D eigenvalue weighted by Crippen LogP contribution is -2.17. The number of aldehydes is 1. The van der Waals surface area contributed by atoms with E-state index < -0.39 is 6.36 Å². The highest BCUT2D eigenvalue weighted by atomic mass is 19.4. The first kappa shape index (κ1) is 16.1. The Bertz CT molecular complexity index is 1120. The third-order valence-electron chi connectivity index (χ3n) is 4.04. The molecule has 0 spiro atoms. The van der Waals surface area contributed by atoms with Crippen molar-refractivity contribution in [3.8, 4) is 11.4 Å². The Hall–Kier alpha value is -3.35. The van der Waals surface area contributed by atoms with Crippen LogP contribution in [0, 0.1) is 0 Å². The molecule has 0 aliphatic rings. The zero-order valence-electron chi connectivity index (χ0n) is 13.2. The van der Waals surface area contributed by atoms with Crippen LogP contribution >= 0.6 is 0 Å². The average Bonchev–Trinajstić information content (AvgIpc) is 3.05. The lowest BCUT2D eigenvalue weighted by molar-refractivity contribution is -0.274. The number of nitrogens with zero attached hydrogens (tertiary/aromatic N) is 2. The third-order valence-corrected chi connectivity index (χ3v) is 4.04. The fourth-order valence-electron chi connectivity index (χ4n) is 2.93. The van der Waals surface area contributed by atoms with Gasteiger partial charge in [0.05, 0.1) is 17.4 Å². The van der Waals surface area contributed by atoms with Gasteiger partial charge in [-0.15, -0.1) is 13.2 Å². The van der Waals surface area contributed by atoms with Gasteiger partial charge in [-0.25, -0.2) is 4.68 Å². The first-order valence-electron chi connectivity index (χ1n) is 7.66. The molecular formula is C19H11F3N2O2. The van der Waals surface area contributed by atoms with Crippen LogP contribution in [0.25, 0.3) is 27.4 Å². The van der Waals surface area contributed by atoms with Crippen LogP contribution in [-0.4, -0.2) is 22.4 Å². The maximum atomic E-state index is 12.3. The number of aromatic nitrogens is 2. The van der Waals surface area contributed by atoms with Crippen molar-refractivity contribution in [2.24, 2.45) is 0 Å². The van der Waals surface area contributed by atoms with E-state index in [0.29, 0.717) is 11.3 Å². The molecule has 4 rings (SSSR count). The highest BCUT2D eigenvalue weighted by molar-refractivity contribution is 6.07. The summed E-state index contributed by atoms with van der Waals surface area (Å²) in [6, 6.07) is 14.6. The second-order valence-electron chi connectivity index (χ2n) is 5.69. The Kier molecular flexibility index (Phi) is 3.64. The second-order valence-corrected chi connectivity index (χ2v) is 5.69. The van der Waals surface area contributed by atoms with Crippen molar-refractivity contribution in [1.29, 1.82) is 0 Å². The van der Waals surface area contributed by atoms with Crippen molar-refractivity contribution >= 4 is 28.0 Å². The average molecular weight is 356 g/mol. The van der Waals surface area contributed by atoms with E-state index in [1.54, 1.807) is 23.0 Å². The summed E-state index contributed by atoms with van der Waals surface area (Å²) in [5, 5.41) is 7.09. The summed E-state index contributed by atoms with van der Waals surface area (Å²) in [7, 11) is 0. The number of ether oxygens (including phenoxy) is 1. The molecular weight excluding hydrogens is 345 g/mol. The number of rotatable bonds is 3. The van der Waals surface area contributed by atoms with Crippen molar-refractivity contribution < 1.29 is 22.7 Å². The van der Waals surface area contributed by atoms with Crippen LogP contribution in [0.5, 0.6) is 5.75 Å². The number of benzene rings is 3. The minimum atomic E-state index is -4.72. The number of carbonyl (C=O) groups is 1. The lowest BCUT2D eigenvalue weighted by atomic mass is 10.0. The summed E-state index contributed by atoms with van der Waals surface area (Å²) in [4.78, 5) is 10.9. The number of alkyl halides is 3. The quantitative estimate of drug-likeness (QED) is 0.491. The van der Waals surface area contributed by atoms with Gasteiger partial charge in [0.25, 0.3) is 0 Å². The van der Waals surface area contributed by atoms with Gasteiger partial charge in [0.2, 0.25) is 0 Å². The Morgan fingerprint density at radius 3 is 2.42 bits per heavy atom. The molecule has 0 amide bonds. The molecule has 0 unspecified atom stereocenters. The van der Waals surface area contributed by atoms with Crippen LogP contribution < -0.4 is 4.74 Å². The van der Waals surface area contributed by atoms with Gasteiger partial charge in [0.15, 0.2) is 0 Å². The molecule has 1 heterocycles. The summed E-state index contributed by atoms with van der Waals surface area (Å²) in [6.45, 7) is 0. The van der Waals surface area contributed by atoms with Crippen molar-refractivity contribution in [1.82, 2.24) is 9.78 Å². The Labute approximate surface area is 145 Å². The van der Waals surface area contributed by atoms with E-state index in [9.17, 15) is 18.0 Å².